The third kappa shape index (κ3) is 4.95. The fraction of sp³-hybridized carbons (Fsp3) is 0.409. The van der Waals surface area contributed by atoms with Crippen LogP contribution in [0.3, 0.4) is 0 Å². The van der Waals surface area contributed by atoms with Crippen molar-refractivity contribution in [2.24, 2.45) is 0 Å². The largest absolute Gasteiger partial charge is 0.385 e. The van der Waals surface area contributed by atoms with Crippen LogP contribution < -0.4 is 0 Å². The molecular formula is C22H27ClN2O4. The molecule has 1 heterocycles. The Morgan fingerprint density at radius 2 is 1.93 bits per heavy atom. The summed E-state index contributed by atoms with van der Waals surface area (Å²) in [6.45, 7) is 8.68. The number of carbonyl (C=O) groups excluding carboxylic acids is 3. The molecule has 7 heteroatoms. The lowest BCUT2D eigenvalue weighted by atomic mass is 9.75. The van der Waals surface area contributed by atoms with E-state index >= 15 is 0 Å². The number of likely N-dealkylation sites (tertiary alicyclic amines) is 1. The van der Waals surface area contributed by atoms with E-state index < -0.39 is 11.3 Å². The Hall–Kier alpha value is -2.44. The van der Waals surface area contributed by atoms with Crippen LogP contribution in [0.15, 0.2) is 49.6 Å². The molecule has 0 N–H and O–H groups in total. The topological polar surface area (TPSA) is 66.9 Å². The SMILES string of the molecule is C=CCN(CC=C)C(=O)CC1(c2ccccc2Cl)CC(=O)N(CCCOC)C1=O. The van der Waals surface area contributed by atoms with Gasteiger partial charge in [-0.2, -0.15) is 0 Å². The molecule has 6 nitrogen and oxygen atoms in total. The van der Waals surface area contributed by atoms with Crippen LogP contribution in [0.25, 0.3) is 0 Å². The van der Waals surface area contributed by atoms with Gasteiger partial charge in [-0.3, -0.25) is 19.3 Å². The number of benzene rings is 1. The van der Waals surface area contributed by atoms with Gasteiger partial charge in [-0.25, -0.2) is 0 Å². The van der Waals surface area contributed by atoms with Crippen molar-refractivity contribution in [3.8, 4) is 0 Å². The summed E-state index contributed by atoms with van der Waals surface area (Å²) >= 11 is 6.41. The minimum Gasteiger partial charge on any atom is -0.385 e. The summed E-state index contributed by atoms with van der Waals surface area (Å²) in [6.07, 6.45) is 3.51. The van der Waals surface area contributed by atoms with Crippen LogP contribution in [0.2, 0.25) is 5.02 Å². The number of hydrogen-bond acceptors (Lipinski definition) is 4. The van der Waals surface area contributed by atoms with Crippen molar-refractivity contribution >= 4 is 29.3 Å². The standard InChI is InChI=1S/C22H27ClN2O4/c1-4-11-24(12-5-2)19(26)15-22(17-9-6-7-10-18(17)23)16-20(27)25(21(22)28)13-8-14-29-3/h4-7,9-10H,1-2,8,11-16H2,3H3. The van der Waals surface area contributed by atoms with Gasteiger partial charge in [0.2, 0.25) is 17.7 Å². The third-order valence-electron chi connectivity index (χ3n) is 5.03. The van der Waals surface area contributed by atoms with Gasteiger partial charge in [0.1, 0.15) is 0 Å². The van der Waals surface area contributed by atoms with Gasteiger partial charge in [-0.15, -0.1) is 13.2 Å². The Balaban J connectivity index is 2.43. The Kier molecular flexibility index (Phi) is 8.17. The predicted molar refractivity (Wildman–Crippen MR) is 113 cm³/mol. The molecule has 0 bridgehead atoms. The van der Waals surface area contributed by atoms with E-state index in [4.69, 9.17) is 16.3 Å². The second-order valence-electron chi connectivity index (χ2n) is 6.99. The summed E-state index contributed by atoms with van der Waals surface area (Å²) in [5.74, 6) is -0.959. The average Bonchev–Trinajstić information content (AvgIpc) is 2.93. The number of amides is 3. The number of carbonyl (C=O) groups is 3. The molecule has 0 saturated carbocycles. The van der Waals surface area contributed by atoms with E-state index in [1.165, 1.54) is 4.90 Å². The van der Waals surface area contributed by atoms with Crippen LogP contribution >= 0.6 is 11.6 Å². The molecule has 0 aromatic heterocycles. The van der Waals surface area contributed by atoms with Crippen LogP contribution in [0.4, 0.5) is 0 Å². The van der Waals surface area contributed by atoms with Gasteiger partial charge >= 0.3 is 0 Å². The van der Waals surface area contributed by atoms with Gasteiger partial charge in [0.25, 0.3) is 0 Å². The highest BCUT2D eigenvalue weighted by Crippen LogP contribution is 2.43. The third-order valence-corrected chi connectivity index (χ3v) is 5.36. The quantitative estimate of drug-likeness (QED) is 0.315. The number of methoxy groups -OCH3 is 1. The maximum Gasteiger partial charge on any atom is 0.240 e. The van der Waals surface area contributed by atoms with Gasteiger partial charge in [0, 0.05) is 51.2 Å². The summed E-state index contributed by atoms with van der Waals surface area (Å²) in [4.78, 5) is 42.0. The second kappa shape index (κ2) is 10.4. The van der Waals surface area contributed by atoms with Crippen LogP contribution in [0, 0.1) is 0 Å². The summed E-state index contributed by atoms with van der Waals surface area (Å²) in [5.41, 5.74) is -0.819. The summed E-state index contributed by atoms with van der Waals surface area (Å²) in [6, 6.07) is 6.88. The molecule has 0 spiro atoms. The Morgan fingerprint density at radius 1 is 1.28 bits per heavy atom. The fourth-order valence-corrected chi connectivity index (χ4v) is 3.96. The Morgan fingerprint density at radius 3 is 2.52 bits per heavy atom. The van der Waals surface area contributed by atoms with E-state index in [1.54, 1.807) is 48.4 Å². The van der Waals surface area contributed by atoms with Gasteiger partial charge in [0.15, 0.2) is 0 Å². The van der Waals surface area contributed by atoms with Gasteiger partial charge in [-0.1, -0.05) is 42.0 Å². The first-order valence-corrected chi connectivity index (χ1v) is 9.87. The summed E-state index contributed by atoms with van der Waals surface area (Å²) < 4.78 is 5.03. The summed E-state index contributed by atoms with van der Waals surface area (Å²) in [5, 5.41) is 0.360. The van der Waals surface area contributed by atoms with E-state index in [0.29, 0.717) is 36.7 Å². The van der Waals surface area contributed by atoms with E-state index in [1.807, 2.05) is 0 Å². The van der Waals surface area contributed by atoms with Crippen LogP contribution in [-0.2, 0) is 24.5 Å². The molecule has 1 atom stereocenters. The maximum atomic E-state index is 13.5. The Labute approximate surface area is 176 Å². The number of hydrogen-bond donors (Lipinski definition) is 0. The van der Waals surface area contributed by atoms with Crippen LogP contribution in [0.5, 0.6) is 0 Å². The van der Waals surface area contributed by atoms with Crippen LogP contribution in [-0.4, -0.2) is 60.9 Å². The molecule has 0 radical (unpaired) electrons. The number of ether oxygens (including phenoxy) is 1. The molecule has 1 aliphatic rings. The molecule has 1 saturated heterocycles. The van der Waals surface area contributed by atoms with Gasteiger partial charge in [0.05, 0.1) is 5.41 Å². The number of rotatable bonds is 11. The van der Waals surface area contributed by atoms with Crippen molar-refractivity contribution < 1.29 is 19.1 Å². The minimum atomic E-state index is -1.32. The van der Waals surface area contributed by atoms with Crippen LogP contribution in [0.1, 0.15) is 24.8 Å². The second-order valence-corrected chi connectivity index (χ2v) is 7.40. The highest BCUT2D eigenvalue weighted by Gasteiger charge is 2.54. The molecule has 156 valence electrons. The highest BCUT2D eigenvalue weighted by atomic mass is 35.5. The van der Waals surface area contributed by atoms with Crippen molar-refractivity contribution in [3.63, 3.8) is 0 Å². The average molecular weight is 419 g/mol. The number of nitrogens with zero attached hydrogens (tertiary/aromatic N) is 2. The van der Waals surface area contributed by atoms with Crippen molar-refractivity contribution in [3.05, 3.63) is 60.2 Å². The first kappa shape index (κ1) is 22.8. The molecule has 3 amide bonds. The van der Waals surface area contributed by atoms with E-state index in [2.05, 4.69) is 13.2 Å². The first-order chi connectivity index (χ1) is 13.9. The monoisotopic (exact) mass is 418 g/mol. The van der Waals surface area contributed by atoms with E-state index in [0.717, 1.165) is 0 Å². The lowest BCUT2D eigenvalue weighted by molar-refractivity contribution is -0.142. The van der Waals surface area contributed by atoms with Gasteiger partial charge in [-0.05, 0) is 18.1 Å². The van der Waals surface area contributed by atoms with Crippen molar-refractivity contribution in [1.82, 2.24) is 9.80 Å². The Bertz CT molecular complexity index is 785. The maximum absolute atomic E-state index is 13.5. The molecule has 1 fully saturated rings. The van der Waals surface area contributed by atoms with E-state index in [9.17, 15) is 14.4 Å². The zero-order valence-electron chi connectivity index (χ0n) is 16.7. The lowest BCUT2D eigenvalue weighted by Crippen LogP contribution is -2.44. The summed E-state index contributed by atoms with van der Waals surface area (Å²) in [7, 11) is 1.56. The smallest absolute Gasteiger partial charge is 0.240 e. The normalized spacial score (nSPS) is 18.8. The molecule has 0 aliphatic carbocycles. The van der Waals surface area contributed by atoms with Crippen molar-refractivity contribution in [2.75, 3.05) is 33.4 Å². The van der Waals surface area contributed by atoms with Crippen molar-refractivity contribution in [1.29, 1.82) is 0 Å². The highest BCUT2D eigenvalue weighted by molar-refractivity contribution is 6.32. The molecule has 1 unspecified atom stereocenters. The fourth-order valence-electron chi connectivity index (χ4n) is 3.65. The lowest BCUT2D eigenvalue weighted by Gasteiger charge is -2.30. The van der Waals surface area contributed by atoms with E-state index in [-0.39, 0.29) is 31.2 Å². The molecule has 1 aromatic carbocycles. The molecule has 1 aromatic rings. The number of halogens is 1. The first-order valence-electron chi connectivity index (χ1n) is 9.49. The molecule has 2 rings (SSSR count). The number of imide groups is 1. The van der Waals surface area contributed by atoms with Crippen molar-refractivity contribution in [2.45, 2.75) is 24.7 Å². The van der Waals surface area contributed by atoms with Gasteiger partial charge < -0.3 is 9.64 Å². The molecule has 29 heavy (non-hydrogen) atoms. The molecule has 1 aliphatic heterocycles. The predicted octanol–water partition coefficient (Wildman–Crippen LogP) is 2.96. The minimum absolute atomic E-state index is 0.0929. The molecular weight excluding hydrogens is 392 g/mol. The zero-order chi connectivity index (χ0) is 21.4. The zero-order valence-corrected chi connectivity index (χ0v) is 17.5.